The van der Waals surface area contributed by atoms with Crippen LogP contribution in [-0.2, 0) is 0 Å². The highest BCUT2D eigenvalue weighted by atomic mass is 35.5. The van der Waals surface area contributed by atoms with Gasteiger partial charge in [-0.2, -0.15) is 4.99 Å². The first-order chi connectivity index (χ1) is 10.9. The lowest BCUT2D eigenvalue weighted by Crippen LogP contribution is -2.28. The average molecular weight is 411 g/mol. The molecule has 1 amide bonds. The first kappa shape index (κ1) is 23.3. The summed E-state index contributed by atoms with van der Waals surface area (Å²) in [6, 6.07) is 5.18. The Morgan fingerprint density at radius 1 is 1.36 bits per heavy atom. The normalized spacial score (nSPS) is 11.0. The number of nitrogens with one attached hydrogen (secondary N) is 2. The van der Waals surface area contributed by atoms with E-state index in [4.69, 9.17) is 22.1 Å². The topological polar surface area (TPSA) is 95.7 Å². The van der Waals surface area contributed by atoms with Gasteiger partial charge in [-0.1, -0.05) is 11.6 Å². The molecule has 1 heterocycles. The summed E-state index contributed by atoms with van der Waals surface area (Å²) in [4.78, 5) is 20.7. The van der Waals surface area contributed by atoms with Crippen LogP contribution in [0.15, 0.2) is 23.2 Å². The molecule has 0 atom stereocenters. The maximum atomic E-state index is 12.0. The summed E-state index contributed by atoms with van der Waals surface area (Å²) in [5.41, 5.74) is 6.51. The number of carbonyl (C=O) groups excluding carboxylic acids is 1. The molecule has 25 heavy (non-hydrogen) atoms. The molecule has 0 saturated heterocycles. The number of hydrogen-bond acceptors (Lipinski definition) is 3. The highest BCUT2D eigenvalue weighted by Crippen LogP contribution is 2.30. The van der Waals surface area contributed by atoms with Crippen LogP contribution in [-0.4, -0.2) is 56.0 Å². The molecular formula is C15H22Cl3N5O2. The number of fused-ring (bicyclic) bond motifs is 1. The van der Waals surface area contributed by atoms with E-state index in [1.165, 1.54) is 0 Å². The number of hydrogen-bond donors (Lipinski definition) is 3. The van der Waals surface area contributed by atoms with Crippen LogP contribution in [0, 0.1) is 0 Å². The number of benzene rings is 1. The fourth-order valence-electron chi connectivity index (χ4n) is 1.94. The van der Waals surface area contributed by atoms with Gasteiger partial charge >= 0.3 is 0 Å². The van der Waals surface area contributed by atoms with Crippen molar-refractivity contribution in [3.63, 3.8) is 0 Å². The summed E-state index contributed by atoms with van der Waals surface area (Å²) in [5, 5.41) is 3.83. The smallest absolute Gasteiger partial charge is 0.296 e. The first-order valence-corrected chi connectivity index (χ1v) is 7.44. The zero-order valence-electron chi connectivity index (χ0n) is 14.1. The van der Waals surface area contributed by atoms with Gasteiger partial charge in [-0.3, -0.25) is 4.79 Å². The van der Waals surface area contributed by atoms with Gasteiger partial charge in [-0.25, -0.2) is 0 Å². The fourth-order valence-corrected chi connectivity index (χ4v) is 2.20. The number of aromatic amines is 1. The average Bonchev–Trinajstić information content (AvgIpc) is 2.91. The van der Waals surface area contributed by atoms with E-state index >= 15 is 0 Å². The summed E-state index contributed by atoms with van der Waals surface area (Å²) >= 11 is 6.26. The number of aromatic nitrogens is 1. The molecule has 2 aromatic rings. The molecule has 2 rings (SSSR count). The minimum absolute atomic E-state index is 0. The zero-order valence-corrected chi connectivity index (χ0v) is 16.5. The van der Waals surface area contributed by atoms with E-state index in [9.17, 15) is 4.79 Å². The molecule has 0 fully saturated rings. The Kier molecular flexibility index (Phi) is 9.66. The largest absolute Gasteiger partial charge is 0.492 e. The molecule has 0 spiro atoms. The molecule has 7 nitrogen and oxygen atoms in total. The summed E-state index contributed by atoms with van der Waals surface area (Å²) < 4.78 is 5.67. The molecule has 4 N–H and O–H groups in total. The van der Waals surface area contributed by atoms with Crippen molar-refractivity contribution in [2.24, 2.45) is 10.7 Å². The van der Waals surface area contributed by atoms with Gasteiger partial charge in [0.1, 0.15) is 18.1 Å². The van der Waals surface area contributed by atoms with Gasteiger partial charge in [0, 0.05) is 25.0 Å². The minimum Gasteiger partial charge on any atom is -0.492 e. The minimum atomic E-state index is -0.473. The highest BCUT2D eigenvalue weighted by molar-refractivity contribution is 6.35. The predicted octanol–water partition coefficient (Wildman–Crippen LogP) is 2.28. The molecule has 10 heteroatoms. The summed E-state index contributed by atoms with van der Waals surface area (Å²) in [5.74, 6) is 0.218. The SMILES string of the molecule is CNC(N)=NC(=O)c1cc2c(Cl)cc(OCCN(C)C)cc2[nH]1.Cl.Cl. The molecule has 0 radical (unpaired) electrons. The third-order valence-corrected chi connectivity index (χ3v) is 3.49. The quantitative estimate of drug-likeness (QED) is 0.519. The van der Waals surface area contributed by atoms with Crippen molar-refractivity contribution >= 4 is 59.2 Å². The van der Waals surface area contributed by atoms with Gasteiger partial charge in [-0.15, -0.1) is 24.8 Å². The highest BCUT2D eigenvalue weighted by Gasteiger charge is 2.12. The summed E-state index contributed by atoms with van der Waals surface area (Å²) in [7, 11) is 5.53. The van der Waals surface area contributed by atoms with Gasteiger partial charge < -0.3 is 25.7 Å². The standard InChI is InChI=1S/C15H20ClN5O2.2ClH/c1-18-15(17)20-14(22)13-8-10-11(16)6-9(7-12(10)19-13)23-5-4-21(2)3;;/h6-8,19H,4-5H2,1-3H3,(H3,17,18,20,22);2*1H. The van der Waals surface area contributed by atoms with Crippen LogP contribution in [0.1, 0.15) is 10.5 Å². The van der Waals surface area contributed by atoms with Gasteiger partial charge in [0.2, 0.25) is 0 Å². The second kappa shape index (κ2) is 10.4. The van der Waals surface area contributed by atoms with Crippen LogP contribution in [0.3, 0.4) is 0 Å². The maximum absolute atomic E-state index is 12.0. The fraction of sp³-hybridized carbons (Fsp3) is 0.333. The predicted molar refractivity (Wildman–Crippen MR) is 107 cm³/mol. The molecule has 0 aliphatic heterocycles. The molecule has 0 saturated carbocycles. The van der Waals surface area contributed by atoms with Crippen LogP contribution in [0.25, 0.3) is 10.9 Å². The molecule has 1 aromatic heterocycles. The van der Waals surface area contributed by atoms with Crippen molar-refractivity contribution in [3.05, 3.63) is 28.9 Å². The molecule has 140 valence electrons. The van der Waals surface area contributed by atoms with Crippen molar-refractivity contribution in [3.8, 4) is 5.75 Å². The summed E-state index contributed by atoms with van der Waals surface area (Å²) in [6.45, 7) is 1.34. The van der Waals surface area contributed by atoms with E-state index < -0.39 is 5.91 Å². The van der Waals surface area contributed by atoms with Crippen molar-refractivity contribution in [1.82, 2.24) is 15.2 Å². The Balaban J connectivity index is 0.00000288. The number of halogens is 3. The third kappa shape index (κ3) is 6.28. The van der Waals surface area contributed by atoms with E-state index in [0.717, 1.165) is 11.9 Å². The van der Waals surface area contributed by atoms with Crippen LogP contribution < -0.4 is 15.8 Å². The van der Waals surface area contributed by atoms with Gasteiger partial charge in [0.05, 0.1) is 10.5 Å². The lowest BCUT2D eigenvalue weighted by molar-refractivity contribution is 0.0998. The number of guanidine groups is 1. The third-order valence-electron chi connectivity index (χ3n) is 3.18. The number of carbonyl (C=O) groups is 1. The Hall–Kier alpha value is -1.67. The van der Waals surface area contributed by atoms with Crippen LogP contribution in [0.5, 0.6) is 5.75 Å². The van der Waals surface area contributed by atoms with Crippen molar-refractivity contribution in [2.75, 3.05) is 34.3 Å². The van der Waals surface area contributed by atoms with E-state index in [0.29, 0.717) is 28.6 Å². The molecular weight excluding hydrogens is 389 g/mol. The summed E-state index contributed by atoms with van der Waals surface area (Å²) in [6.07, 6.45) is 0. The second-order valence-corrected chi connectivity index (χ2v) is 5.66. The molecule has 1 aromatic carbocycles. The van der Waals surface area contributed by atoms with E-state index in [1.807, 2.05) is 19.0 Å². The number of nitrogens with two attached hydrogens (primary N) is 1. The van der Waals surface area contributed by atoms with E-state index in [1.54, 1.807) is 25.2 Å². The van der Waals surface area contributed by atoms with Crippen molar-refractivity contribution in [1.29, 1.82) is 0 Å². The maximum Gasteiger partial charge on any atom is 0.296 e. The Labute approximate surface area is 163 Å². The van der Waals surface area contributed by atoms with Crippen molar-refractivity contribution < 1.29 is 9.53 Å². The molecule has 0 aliphatic rings. The lowest BCUT2D eigenvalue weighted by atomic mass is 10.2. The Morgan fingerprint density at radius 3 is 2.64 bits per heavy atom. The second-order valence-electron chi connectivity index (χ2n) is 5.25. The van der Waals surface area contributed by atoms with Gasteiger partial charge in [0.15, 0.2) is 5.96 Å². The van der Waals surface area contributed by atoms with E-state index in [2.05, 4.69) is 15.3 Å². The van der Waals surface area contributed by atoms with E-state index in [-0.39, 0.29) is 30.8 Å². The molecule has 0 unspecified atom stereocenters. The van der Waals surface area contributed by atoms with Gasteiger partial charge in [0.25, 0.3) is 5.91 Å². The van der Waals surface area contributed by atoms with Crippen molar-refractivity contribution in [2.45, 2.75) is 0 Å². The zero-order chi connectivity index (χ0) is 17.0. The lowest BCUT2D eigenvalue weighted by Gasteiger charge is -2.11. The number of aliphatic imine (C=N–C) groups is 1. The van der Waals surface area contributed by atoms with Crippen LogP contribution in [0.2, 0.25) is 5.02 Å². The number of rotatable bonds is 5. The number of likely N-dealkylation sites (N-methyl/N-ethyl adjacent to an activating group) is 1. The van der Waals surface area contributed by atoms with Gasteiger partial charge in [-0.05, 0) is 26.2 Å². The number of ether oxygens (including phenoxy) is 1. The molecule has 0 bridgehead atoms. The monoisotopic (exact) mass is 409 g/mol. The van der Waals surface area contributed by atoms with Crippen LogP contribution in [0.4, 0.5) is 0 Å². The van der Waals surface area contributed by atoms with Crippen LogP contribution >= 0.6 is 36.4 Å². The Bertz CT molecular complexity index is 746. The number of H-pyrrole nitrogens is 1. The Morgan fingerprint density at radius 2 is 2.04 bits per heavy atom. The number of amides is 1. The first-order valence-electron chi connectivity index (χ1n) is 7.06. The molecule has 0 aliphatic carbocycles. The number of nitrogens with zero attached hydrogens (tertiary/aromatic N) is 2.